The normalized spacial score (nSPS) is 24.3. The first-order chi connectivity index (χ1) is 10.6. The molecule has 0 aromatic rings. The zero-order valence-electron chi connectivity index (χ0n) is 14.4. The van der Waals surface area contributed by atoms with E-state index < -0.39 is 0 Å². The monoisotopic (exact) mass is 302 g/mol. The number of allylic oxidation sites excluding steroid dienone is 2. The molecule has 0 radical (unpaired) electrons. The predicted octanol–water partition coefficient (Wildman–Crippen LogP) is 5.00. The molecule has 0 spiro atoms. The summed E-state index contributed by atoms with van der Waals surface area (Å²) < 4.78 is 0. The molecule has 1 aliphatic carbocycles. The number of unbranched alkanes of at least 4 members (excludes halogenated alkanes) is 4. The van der Waals surface area contributed by atoms with Crippen molar-refractivity contribution in [1.82, 2.24) is 10.2 Å². The Morgan fingerprint density at radius 3 is 2.59 bits per heavy atom. The molecule has 1 saturated carbocycles. The van der Waals surface area contributed by atoms with Crippen molar-refractivity contribution in [2.45, 2.75) is 76.8 Å². The predicted molar refractivity (Wildman–Crippen MR) is 96.6 cm³/mol. The van der Waals surface area contributed by atoms with Crippen LogP contribution >= 0.6 is 0 Å². The van der Waals surface area contributed by atoms with E-state index in [1.54, 1.807) is 0 Å². The topological polar surface area (TPSA) is 15.3 Å². The van der Waals surface area contributed by atoms with Gasteiger partial charge in [-0.05, 0) is 50.9 Å². The van der Waals surface area contributed by atoms with Crippen LogP contribution in [0.15, 0.2) is 37.2 Å². The molecule has 2 fully saturated rings. The second-order valence-corrected chi connectivity index (χ2v) is 7.26. The lowest BCUT2D eigenvalue weighted by Crippen LogP contribution is -2.35. The molecule has 22 heavy (non-hydrogen) atoms. The summed E-state index contributed by atoms with van der Waals surface area (Å²) in [5, 5.41) is 3.60. The first-order valence-electron chi connectivity index (χ1n) is 9.12. The molecule has 2 rings (SSSR count). The lowest BCUT2D eigenvalue weighted by Gasteiger charge is -2.30. The number of nitrogens with zero attached hydrogens (tertiary/aromatic N) is 1. The maximum Gasteiger partial charge on any atom is 0.0682 e. The molecule has 0 bridgehead atoms. The molecular formula is C20H34N2. The molecule has 1 saturated heterocycles. The molecule has 2 aliphatic rings. The summed E-state index contributed by atoms with van der Waals surface area (Å²) >= 11 is 0. The van der Waals surface area contributed by atoms with Gasteiger partial charge in [-0.3, -0.25) is 0 Å². The Hall–Kier alpha value is -1.18. The van der Waals surface area contributed by atoms with Crippen LogP contribution in [-0.2, 0) is 0 Å². The summed E-state index contributed by atoms with van der Waals surface area (Å²) in [6.45, 7) is 16.0. The van der Waals surface area contributed by atoms with Crippen LogP contribution in [0.4, 0.5) is 0 Å². The zero-order valence-corrected chi connectivity index (χ0v) is 14.4. The lowest BCUT2D eigenvalue weighted by atomic mass is 10.1. The van der Waals surface area contributed by atoms with E-state index in [4.69, 9.17) is 0 Å². The third-order valence-electron chi connectivity index (χ3n) is 4.91. The maximum absolute atomic E-state index is 4.37. The van der Waals surface area contributed by atoms with Crippen LogP contribution in [0.1, 0.15) is 64.7 Å². The van der Waals surface area contributed by atoms with Gasteiger partial charge in [-0.2, -0.15) is 0 Å². The third kappa shape index (κ3) is 5.23. The Kier molecular flexibility index (Phi) is 6.60. The van der Waals surface area contributed by atoms with E-state index in [0.717, 1.165) is 25.3 Å². The van der Waals surface area contributed by atoms with Crippen molar-refractivity contribution in [1.29, 1.82) is 0 Å². The Morgan fingerprint density at radius 2 is 1.91 bits per heavy atom. The van der Waals surface area contributed by atoms with Crippen molar-refractivity contribution in [2.24, 2.45) is 5.92 Å². The Balaban J connectivity index is 1.73. The molecule has 2 atom stereocenters. The molecule has 124 valence electrons. The molecule has 2 nitrogen and oxygen atoms in total. The van der Waals surface area contributed by atoms with Crippen molar-refractivity contribution in [2.75, 3.05) is 6.54 Å². The lowest BCUT2D eigenvalue weighted by molar-refractivity contribution is 0.325. The molecule has 1 heterocycles. The van der Waals surface area contributed by atoms with Crippen LogP contribution < -0.4 is 5.32 Å². The Labute approximate surface area is 137 Å². The highest BCUT2D eigenvalue weighted by atomic mass is 15.2. The number of likely N-dealkylation sites (tertiary alicyclic amines) is 1. The maximum atomic E-state index is 4.37. The Bertz CT molecular complexity index is 395. The molecule has 2 unspecified atom stereocenters. The molecular weight excluding hydrogens is 268 g/mol. The van der Waals surface area contributed by atoms with Crippen molar-refractivity contribution >= 4 is 0 Å². The van der Waals surface area contributed by atoms with Gasteiger partial charge in [-0.25, -0.2) is 0 Å². The van der Waals surface area contributed by atoms with Crippen molar-refractivity contribution in [3.05, 3.63) is 37.2 Å². The summed E-state index contributed by atoms with van der Waals surface area (Å²) in [6, 6.07) is 1.16. The number of hydrogen-bond acceptors (Lipinski definition) is 2. The van der Waals surface area contributed by atoms with Gasteiger partial charge in [0.1, 0.15) is 0 Å². The fourth-order valence-corrected chi connectivity index (χ4v) is 3.43. The van der Waals surface area contributed by atoms with Crippen molar-refractivity contribution in [3.63, 3.8) is 0 Å². The number of rotatable bonds is 11. The third-order valence-corrected chi connectivity index (χ3v) is 4.91. The number of hydrogen-bond donors (Lipinski definition) is 1. The fraction of sp³-hybridized carbons (Fsp3) is 0.700. The summed E-state index contributed by atoms with van der Waals surface area (Å²) in [7, 11) is 0. The quantitative estimate of drug-likeness (QED) is 0.426. The Morgan fingerprint density at radius 1 is 1.18 bits per heavy atom. The van der Waals surface area contributed by atoms with Crippen LogP contribution in [-0.4, -0.2) is 23.5 Å². The van der Waals surface area contributed by atoms with E-state index in [-0.39, 0.29) is 0 Å². The molecule has 0 aromatic heterocycles. The highest BCUT2D eigenvalue weighted by molar-refractivity contribution is 5.15. The van der Waals surface area contributed by atoms with Gasteiger partial charge in [0.05, 0.1) is 6.04 Å². The van der Waals surface area contributed by atoms with Crippen LogP contribution in [0.25, 0.3) is 0 Å². The molecule has 2 heteroatoms. The van der Waals surface area contributed by atoms with E-state index in [0.29, 0.717) is 12.1 Å². The summed E-state index contributed by atoms with van der Waals surface area (Å²) in [6.07, 6.45) is 13.3. The van der Waals surface area contributed by atoms with Crippen molar-refractivity contribution < 1.29 is 0 Å². The first-order valence-corrected chi connectivity index (χ1v) is 9.12. The van der Waals surface area contributed by atoms with Crippen LogP contribution in [0.2, 0.25) is 0 Å². The molecule has 0 amide bonds. The van der Waals surface area contributed by atoms with E-state index in [1.165, 1.54) is 56.3 Å². The second kappa shape index (κ2) is 8.45. The molecule has 0 aromatic carbocycles. The minimum Gasteiger partial charge on any atom is -0.384 e. The second-order valence-electron chi connectivity index (χ2n) is 7.26. The van der Waals surface area contributed by atoms with E-state index in [1.807, 2.05) is 6.08 Å². The van der Waals surface area contributed by atoms with Crippen molar-refractivity contribution in [3.8, 4) is 0 Å². The smallest absolute Gasteiger partial charge is 0.0682 e. The molecule has 1 N–H and O–H groups in total. The largest absolute Gasteiger partial charge is 0.384 e. The first kappa shape index (κ1) is 17.2. The summed E-state index contributed by atoms with van der Waals surface area (Å²) in [5.41, 5.74) is 2.54. The average molecular weight is 303 g/mol. The van der Waals surface area contributed by atoms with Gasteiger partial charge in [0, 0.05) is 24.0 Å². The van der Waals surface area contributed by atoms with E-state index in [2.05, 4.69) is 36.9 Å². The SMILES string of the molecule is C=CCCCCCCC(=C)N1CC(C)CC1C(=C)NC1CC1. The van der Waals surface area contributed by atoms with Gasteiger partial charge in [0.15, 0.2) is 0 Å². The van der Waals surface area contributed by atoms with Gasteiger partial charge in [-0.15, -0.1) is 6.58 Å². The standard InChI is InChI=1S/C20H34N2/c1-5-6-7-8-9-10-11-17(3)22-15-16(2)14-20(22)18(4)21-19-12-13-19/h5,16,19-21H,1,3-4,6-15H2,2H3. The fourth-order valence-electron chi connectivity index (χ4n) is 3.43. The molecule has 1 aliphatic heterocycles. The average Bonchev–Trinajstić information content (AvgIpc) is 3.21. The highest BCUT2D eigenvalue weighted by Gasteiger charge is 2.34. The minimum absolute atomic E-state index is 0.462. The summed E-state index contributed by atoms with van der Waals surface area (Å²) in [5.74, 6) is 0.743. The highest BCUT2D eigenvalue weighted by Crippen LogP contribution is 2.32. The van der Waals surface area contributed by atoms with Gasteiger partial charge in [0.25, 0.3) is 0 Å². The van der Waals surface area contributed by atoms with Crippen LogP contribution in [0.3, 0.4) is 0 Å². The van der Waals surface area contributed by atoms with E-state index in [9.17, 15) is 0 Å². The zero-order chi connectivity index (χ0) is 15.9. The van der Waals surface area contributed by atoms with Gasteiger partial charge in [-0.1, -0.05) is 39.0 Å². The van der Waals surface area contributed by atoms with Gasteiger partial charge < -0.3 is 10.2 Å². The van der Waals surface area contributed by atoms with Crippen LogP contribution in [0, 0.1) is 5.92 Å². The number of nitrogens with one attached hydrogen (secondary N) is 1. The van der Waals surface area contributed by atoms with Gasteiger partial charge in [0.2, 0.25) is 0 Å². The summed E-state index contributed by atoms with van der Waals surface area (Å²) in [4.78, 5) is 2.52. The van der Waals surface area contributed by atoms with Crippen LogP contribution in [0.5, 0.6) is 0 Å². The minimum atomic E-state index is 0.462. The van der Waals surface area contributed by atoms with Gasteiger partial charge >= 0.3 is 0 Å². The van der Waals surface area contributed by atoms with E-state index >= 15 is 0 Å².